The number of hydrogen-bond donors (Lipinski definition) is 0. The second-order valence-corrected chi connectivity index (χ2v) is 3.41. The van der Waals surface area contributed by atoms with Crippen LogP contribution in [-0.2, 0) is 19.8 Å². The van der Waals surface area contributed by atoms with Crippen molar-refractivity contribution in [2.45, 2.75) is 30.5 Å². The predicted octanol–water partition coefficient (Wildman–Crippen LogP) is 3.01. The monoisotopic (exact) mass is 316 g/mol. The van der Waals surface area contributed by atoms with Crippen molar-refractivity contribution in [2.24, 2.45) is 0 Å². The molecule has 0 saturated carbocycles. The summed E-state index contributed by atoms with van der Waals surface area (Å²) in [5, 5.41) is 0. The Morgan fingerprint density at radius 3 is 3.10 bits per heavy atom. The summed E-state index contributed by atoms with van der Waals surface area (Å²) in [6, 6.07) is 0. The molecule has 10 heavy (non-hydrogen) atoms. The molecule has 1 aliphatic rings. The van der Waals surface area contributed by atoms with Crippen molar-refractivity contribution in [3.8, 4) is 0 Å². The van der Waals surface area contributed by atoms with Gasteiger partial charge in [0.2, 0.25) is 0 Å². The molecule has 0 spiro atoms. The van der Waals surface area contributed by atoms with Crippen LogP contribution in [0.25, 0.3) is 0 Å². The summed E-state index contributed by atoms with van der Waals surface area (Å²) in [6.07, 6.45) is 12.1. The van der Waals surface area contributed by atoms with E-state index in [0.717, 1.165) is 0 Å². The zero-order chi connectivity index (χ0) is 7.23. The van der Waals surface area contributed by atoms with E-state index in [4.69, 9.17) is 0 Å². The molecule has 0 atom stereocenters. The molecule has 0 aliphatic heterocycles. The molecule has 0 aromatic carbocycles. The molecule has 59 valence electrons. The van der Waals surface area contributed by atoms with Crippen molar-refractivity contribution in [3.63, 3.8) is 0 Å². The van der Waals surface area contributed by atoms with Crippen LogP contribution in [0, 0.1) is 0 Å². The third kappa shape index (κ3) is 2.83. The van der Waals surface area contributed by atoms with Gasteiger partial charge in [-0.2, -0.15) is 0 Å². The van der Waals surface area contributed by atoms with E-state index < -0.39 is 0 Å². The molecule has 0 unspecified atom stereocenters. The first-order valence-electron chi connectivity index (χ1n) is 3.79. The Morgan fingerprint density at radius 2 is 2.30 bits per heavy atom. The average molecular weight is 316 g/mol. The molecule has 1 aliphatic carbocycles. The first-order chi connectivity index (χ1) is 4.93. The van der Waals surface area contributed by atoms with Crippen LogP contribution in [0.15, 0.2) is 23.8 Å². The van der Waals surface area contributed by atoms with E-state index in [1.165, 1.54) is 30.5 Å². The van der Waals surface area contributed by atoms with Gasteiger partial charge in [-0.05, 0) is 0 Å². The van der Waals surface area contributed by atoms with E-state index in [2.05, 4.69) is 38.0 Å². The van der Waals surface area contributed by atoms with E-state index in [1.807, 2.05) is 0 Å². The van der Waals surface area contributed by atoms with Crippen molar-refractivity contribution in [2.75, 3.05) is 0 Å². The van der Waals surface area contributed by atoms with Crippen LogP contribution in [0.1, 0.15) is 25.7 Å². The van der Waals surface area contributed by atoms with Crippen molar-refractivity contribution in [3.05, 3.63) is 23.8 Å². The van der Waals surface area contributed by atoms with Crippen molar-refractivity contribution in [1.82, 2.24) is 0 Å². The van der Waals surface area contributed by atoms with E-state index in [-0.39, 0.29) is 0 Å². The summed E-state index contributed by atoms with van der Waals surface area (Å²) in [4.78, 5) is 1.20. The van der Waals surface area contributed by atoms with Crippen LogP contribution in [0.5, 0.6) is 0 Å². The molecule has 0 heterocycles. The summed E-state index contributed by atoms with van der Waals surface area (Å²) in [5.41, 5.74) is 1.60. The predicted molar refractivity (Wildman–Crippen MR) is 40.5 cm³/mol. The minimum absolute atomic E-state index is 1.20. The molecule has 0 saturated heterocycles. The fourth-order valence-corrected chi connectivity index (χ4v) is 1.76. The van der Waals surface area contributed by atoms with Crippen molar-refractivity contribution < 1.29 is 19.8 Å². The van der Waals surface area contributed by atoms with Crippen molar-refractivity contribution in [1.29, 1.82) is 0 Å². The molecule has 0 bridgehead atoms. The van der Waals surface area contributed by atoms with Crippen LogP contribution in [0.3, 0.4) is 0 Å². The second kappa shape index (κ2) is 4.90. The summed E-state index contributed by atoms with van der Waals surface area (Å²) < 4.78 is 0. The van der Waals surface area contributed by atoms with E-state index >= 15 is 0 Å². The van der Waals surface area contributed by atoms with Crippen LogP contribution < -0.4 is 0 Å². The van der Waals surface area contributed by atoms with Crippen LogP contribution in [0.2, 0.25) is 4.81 Å². The van der Waals surface area contributed by atoms with E-state index in [1.54, 1.807) is 5.57 Å². The van der Waals surface area contributed by atoms with Gasteiger partial charge in [0.1, 0.15) is 0 Å². The van der Waals surface area contributed by atoms with Gasteiger partial charge in [0.05, 0.1) is 0 Å². The van der Waals surface area contributed by atoms with E-state index in [9.17, 15) is 0 Å². The fraction of sp³-hybridized carbons (Fsp3) is 0.556. The third-order valence-corrected chi connectivity index (χ3v) is 2.76. The Balaban J connectivity index is 2.49. The van der Waals surface area contributed by atoms with Gasteiger partial charge in [-0.3, -0.25) is 0 Å². The summed E-state index contributed by atoms with van der Waals surface area (Å²) in [7, 11) is 0. The topological polar surface area (TPSA) is 0 Å². The van der Waals surface area contributed by atoms with Gasteiger partial charge >= 0.3 is 74.1 Å². The zero-order valence-electron chi connectivity index (χ0n) is 6.08. The summed E-state index contributed by atoms with van der Waals surface area (Å²) in [5.74, 6) is 0. The standard InChI is InChI=1S/C9H13.Pt/c1-9-7-5-3-2-4-6-8-9;/h3,5,7H,1-2,4,6,8H2;. The number of hydrogen-bond acceptors (Lipinski definition) is 0. The molecular weight excluding hydrogens is 303 g/mol. The van der Waals surface area contributed by atoms with Crippen LogP contribution >= 0.6 is 0 Å². The van der Waals surface area contributed by atoms with Crippen LogP contribution in [0.4, 0.5) is 0 Å². The summed E-state index contributed by atoms with van der Waals surface area (Å²) in [6.45, 7) is 0. The van der Waals surface area contributed by atoms with Gasteiger partial charge in [-0.1, -0.05) is 0 Å². The molecular formula is C9H13Pt. The Kier molecular flexibility index (Phi) is 4.05. The van der Waals surface area contributed by atoms with Gasteiger partial charge < -0.3 is 0 Å². The van der Waals surface area contributed by atoms with Gasteiger partial charge in [0.15, 0.2) is 0 Å². The average Bonchev–Trinajstić information content (AvgIpc) is 1.87. The maximum absolute atomic E-state index is 2.42. The maximum atomic E-state index is 2.42. The SMILES string of the molecule is [Pt][CH2]C1=CC=CCCCC1. The Morgan fingerprint density at radius 1 is 1.40 bits per heavy atom. The zero-order valence-corrected chi connectivity index (χ0v) is 8.36. The quantitative estimate of drug-likeness (QED) is 0.698. The Labute approximate surface area is 74.3 Å². The normalized spacial score (nSPS) is 19.6. The summed E-state index contributed by atoms with van der Waals surface area (Å²) >= 11 is 2.42. The molecule has 1 heteroatoms. The van der Waals surface area contributed by atoms with Gasteiger partial charge in [-0.25, -0.2) is 0 Å². The van der Waals surface area contributed by atoms with Gasteiger partial charge in [-0.15, -0.1) is 0 Å². The second-order valence-electron chi connectivity index (χ2n) is 2.61. The molecule has 0 aromatic rings. The fourth-order valence-electron chi connectivity index (χ4n) is 1.09. The first-order valence-corrected chi connectivity index (χ1v) is 5.40. The van der Waals surface area contributed by atoms with Gasteiger partial charge in [0.25, 0.3) is 0 Å². The number of allylic oxidation sites excluding steroid dienone is 4. The van der Waals surface area contributed by atoms with E-state index in [0.29, 0.717) is 0 Å². The molecule has 0 N–H and O–H groups in total. The third-order valence-electron chi connectivity index (χ3n) is 1.73. The Hall–Kier alpha value is 0.168. The van der Waals surface area contributed by atoms with Crippen molar-refractivity contribution >= 4 is 0 Å². The molecule has 0 radical (unpaired) electrons. The molecule has 0 nitrogen and oxygen atoms in total. The minimum atomic E-state index is 1.20. The van der Waals surface area contributed by atoms with Crippen LogP contribution in [-0.4, -0.2) is 0 Å². The molecule has 0 amide bonds. The molecule has 1 rings (SSSR count). The van der Waals surface area contributed by atoms with Gasteiger partial charge in [0, 0.05) is 0 Å². The molecule has 0 aromatic heterocycles. The Bertz CT molecular complexity index is 145. The first kappa shape index (κ1) is 8.27. The molecule has 0 fully saturated rings. The number of rotatable bonds is 1.